The molecule has 1 rings (SSSR count). The normalized spacial score (nSPS) is 10.7. The molecule has 0 aliphatic heterocycles. The second-order valence-corrected chi connectivity index (χ2v) is 3.84. The standard InChI is InChI=1S/C14H18O2/c1-11-8-9-14(16-3)10-13(11)7-5-4-6-12(2)15/h4,6,8-10H,5,7H2,1-3H3/b6-4+. The van der Waals surface area contributed by atoms with Gasteiger partial charge in [-0.25, -0.2) is 0 Å². The smallest absolute Gasteiger partial charge is 0.152 e. The lowest BCUT2D eigenvalue weighted by atomic mass is 10.0. The minimum absolute atomic E-state index is 0.0994. The molecule has 2 heteroatoms. The van der Waals surface area contributed by atoms with E-state index in [0.29, 0.717) is 0 Å². The molecule has 0 N–H and O–H groups in total. The minimum atomic E-state index is 0.0994. The van der Waals surface area contributed by atoms with E-state index in [2.05, 4.69) is 19.1 Å². The summed E-state index contributed by atoms with van der Waals surface area (Å²) in [6, 6.07) is 6.07. The molecule has 0 atom stereocenters. The van der Waals surface area contributed by atoms with Crippen LogP contribution in [0.15, 0.2) is 30.4 Å². The summed E-state index contributed by atoms with van der Waals surface area (Å²) in [7, 11) is 1.67. The van der Waals surface area contributed by atoms with Crippen LogP contribution in [0.25, 0.3) is 0 Å². The zero-order valence-electron chi connectivity index (χ0n) is 10.1. The first kappa shape index (κ1) is 12.5. The van der Waals surface area contributed by atoms with Crippen molar-refractivity contribution in [1.29, 1.82) is 0 Å². The molecule has 16 heavy (non-hydrogen) atoms. The maximum Gasteiger partial charge on any atom is 0.152 e. The van der Waals surface area contributed by atoms with Crippen molar-refractivity contribution in [3.05, 3.63) is 41.5 Å². The van der Waals surface area contributed by atoms with E-state index in [9.17, 15) is 4.79 Å². The molecule has 2 nitrogen and oxygen atoms in total. The van der Waals surface area contributed by atoms with Gasteiger partial charge in [-0.05, 0) is 56.0 Å². The van der Waals surface area contributed by atoms with Gasteiger partial charge in [-0.3, -0.25) is 4.79 Å². The number of benzene rings is 1. The number of ketones is 1. The van der Waals surface area contributed by atoms with Crippen LogP contribution in [0.5, 0.6) is 5.75 Å². The van der Waals surface area contributed by atoms with E-state index in [0.717, 1.165) is 18.6 Å². The van der Waals surface area contributed by atoms with Crippen molar-refractivity contribution in [2.24, 2.45) is 0 Å². The Morgan fingerprint density at radius 3 is 2.81 bits per heavy atom. The molecule has 0 fully saturated rings. The van der Waals surface area contributed by atoms with Crippen LogP contribution < -0.4 is 4.74 Å². The van der Waals surface area contributed by atoms with E-state index in [1.807, 2.05) is 12.1 Å². The SMILES string of the molecule is COc1ccc(C)c(CC/C=C/C(C)=O)c1. The van der Waals surface area contributed by atoms with Gasteiger partial charge in [0.25, 0.3) is 0 Å². The molecule has 0 aromatic heterocycles. The van der Waals surface area contributed by atoms with Gasteiger partial charge in [-0.1, -0.05) is 12.1 Å². The molecule has 0 saturated heterocycles. The molecule has 0 aliphatic rings. The molecule has 0 heterocycles. The van der Waals surface area contributed by atoms with Crippen molar-refractivity contribution in [2.45, 2.75) is 26.7 Å². The number of methoxy groups -OCH3 is 1. The first-order chi connectivity index (χ1) is 7.63. The van der Waals surface area contributed by atoms with Gasteiger partial charge in [0.1, 0.15) is 5.75 Å². The largest absolute Gasteiger partial charge is 0.497 e. The molecule has 1 aromatic rings. The molecule has 0 radical (unpaired) electrons. The molecule has 0 aliphatic carbocycles. The Balaban J connectivity index is 2.62. The van der Waals surface area contributed by atoms with Crippen LogP contribution in [-0.2, 0) is 11.2 Å². The fourth-order valence-corrected chi connectivity index (χ4v) is 1.53. The summed E-state index contributed by atoms with van der Waals surface area (Å²) in [6.45, 7) is 3.65. The van der Waals surface area contributed by atoms with E-state index in [-0.39, 0.29) is 5.78 Å². The lowest BCUT2D eigenvalue weighted by Gasteiger charge is -2.06. The zero-order chi connectivity index (χ0) is 12.0. The highest BCUT2D eigenvalue weighted by atomic mass is 16.5. The van der Waals surface area contributed by atoms with Crippen molar-refractivity contribution < 1.29 is 9.53 Å². The van der Waals surface area contributed by atoms with Gasteiger partial charge in [-0.15, -0.1) is 0 Å². The molecule has 86 valence electrons. The number of hydrogen-bond donors (Lipinski definition) is 0. The monoisotopic (exact) mass is 218 g/mol. The molecule has 0 unspecified atom stereocenters. The first-order valence-corrected chi connectivity index (χ1v) is 5.44. The van der Waals surface area contributed by atoms with E-state index >= 15 is 0 Å². The van der Waals surface area contributed by atoms with Crippen LogP contribution in [0, 0.1) is 6.92 Å². The first-order valence-electron chi connectivity index (χ1n) is 5.44. The average Bonchev–Trinajstić information content (AvgIpc) is 2.26. The molecular formula is C14H18O2. The Kier molecular flexibility index (Phi) is 4.77. The summed E-state index contributed by atoms with van der Waals surface area (Å²) in [5.74, 6) is 0.985. The summed E-state index contributed by atoms with van der Waals surface area (Å²) in [5.41, 5.74) is 2.53. The summed E-state index contributed by atoms with van der Waals surface area (Å²) in [4.78, 5) is 10.7. The van der Waals surface area contributed by atoms with Gasteiger partial charge in [0, 0.05) is 0 Å². The summed E-state index contributed by atoms with van der Waals surface area (Å²) >= 11 is 0. The predicted octanol–water partition coefficient (Wildman–Crippen LogP) is 3.08. The quantitative estimate of drug-likeness (QED) is 0.710. The second kappa shape index (κ2) is 6.11. The van der Waals surface area contributed by atoms with Gasteiger partial charge in [0.15, 0.2) is 5.78 Å². The van der Waals surface area contributed by atoms with E-state index in [4.69, 9.17) is 4.74 Å². The van der Waals surface area contributed by atoms with Crippen molar-refractivity contribution in [3.8, 4) is 5.75 Å². The van der Waals surface area contributed by atoms with Crippen LogP contribution in [0.2, 0.25) is 0 Å². The third-order valence-electron chi connectivity index (χ3n) is 2.49. The lowest BCUT2D eigenvalue weighted by molar-refractivity contribution is -0.112. The topological polar surface area (TPSA) is 26.3 Å². The Hall–Kier alpha value is -1.57. The summed E-state index contributed by atoms with van der Waals surface area (Å²) in [5, 5.41) is 0. The Morgan fingerprint density at radius 2 is 2.19 bits per heavy atom. The van der Waals surface area contributed by atoms with Crippen LogP contribution in [0.4, 0.5) is 0 Å². The maximum atomic E-state index is 10.7. The summed E-state index contributed by atoms with van der Waals surface area (Å²) < 4.78 is 5.18. The van der Waals surface area contributed by atoms with Crippen LogP contribution in [0.3, 0.4) is 0 Å². The highest BCUT2D eigenvalue weighted by Crippen LogP contribution is 2.18. The fraction of sp³-hybridized carbons (Fsp3) is 0.357. The minimum Gasteiger partial charge on any atom is -0.497 e. The lowest BCUT2D eigenvalue weighted by Crippen LogP contribution is -1.91. The van der Waals surface area contributed by atoms with Gasteiger partial charge < -0.3 is 4.74 Å². The third kappa shape index (κ3) is 3.89. The molecule has 0 saturated carbocycles. The molecular weight excluding hydrogens is 200 g/mol. The van der Waals surface area contributed by atoms with Crippen molar-refractivity contribution >= 4 is 5.78 Å². The second-order valence-electron chi connectivity index (χ2n) is 3.84. The third-order valence-corrected chi connectivity index (χ3v) is 2.49. The zero-order valence-corrected chi connectivity index (χ0v) is 10.1. The number of allylic oxidation sites excluding steroid dienone is 2. The number of rotatable bonds is 5. The number of aryl methyl sites for hydroxylation is 2. The van der Waals surface area contributed by atoms with Crippen LogP contribution in [-0.4, -0.2) is 12.9 Å². The number of hydrogen-bond acceptors (Lipinski definition) is 2. The van der Waals surface area contributed by atoms with E-state index in [1.165, 1.54) is 11.1 Å². The summed E-state index contributed by atoms with van der Waals surface area (Å²) in [6.07, 6.45) is 5.36. The van der Waals surface area contributed by atoms with E-state index in [1.54, 1.807) is 20.1 Å². The molecule has 0 spiro atoms. The highest BCUT2D eigenvalue weighted by Gasteiger charge is 1.99. The van der Waals surface area contributed by atoms with Gasteiger partial charge in [0.05, 0.1) is 7.11 Å². The Labute approximate surface area is 96.9 Å². The molecule has 0 bridgehead atoms. The van der Waals surface area contributed by atoms with E-state index < -0.39 is 0 Å². The average molecular weight is 218 g/mol. The number of carbonyl (C=O) groups is 1. The molecule has 1 aromatic carbocycles. The van der Waals surface area contributed by atoms with Gasteiger partial charge in [-0.2, -0.15) is 0 Å². The van der Waals surface area contributed by atoms with Crippen molar-refractivity contribution in [3.63, 3.8) is 0 Å². The maximum absolute atomic E-state index is 10.7. The van der Waals surface area contributed by atoms with Crippen LogP contribution >= 0.6 is 0 Å². The number of carbonyl (C=O) groups excluding carboxylic acids is 1. The highest BCUT2D eigenvalue weighted by molar-refractivity contribution is 5.87. The van der Waals surface area contributed by atoms with Gasteiger partial charge in [0.2, 0.25) is 0 Å². The van der Waals surface area contributed by atoms with Crippen LogP contribution in [0.1, 0.15) is 24.5 Å². The van der Waals surface area contributed by atoms with Gasteiger partial charge >= 0.3 is 0 Å². The Morgan fingerprint density at radius 1 is 1.44 bits per heavy atom. The van der Waals surface area contributed by atoms with Crippen molar-refractivity contribution in [2.75, 3.05) is 7.11 Å². The molecule has 0 amide bonds. The fourth-order valence-electron chi connectivity index (χ4n) is 1.53. The predicted molar refractivity (Wildman–Crippen MR) is 65.9 cm³/mol. The Bertz CT molecular complexity index is 392. The number of ether oxygens (including phenoxy) is 1. The van der Waals surface area contributed by atoms with Crippen molar-refractivity contribution in [1.82, 2.24) is 0 Å².